The molecule has 2 aromatic rings. The summed E-state index contributed by atoms with van der Waals surface area (Å²) in [6, 6.07) is 11.4. The molecule has 0 aliphatic heterocycles. The number of halogens is 1. The molecule has 0 atom stereocenters. The number of thiophene rings is 1. The van der Waals surface area contributed by atoms with Gasteiger partial charge in [0.05, 0.1) is 3.79 Å². The van der Waals surface area contributed by atoms with Crippen LogP contribution in [0.15, 0.2) is 40.2 Å². The number of carbonyl (C=O) groups is 2. The van der Waals surface area contributed by atoms with Crippen molar-refractivity contribution in [3.8, 4) is 0 Å². The minimum atomic E-state index is -0.148. The predicted molar refractivity (Wildman–Crippen MR) is 96.9 cm³/mol. The van der Waals surface area contributed by atoms with Crippen LogP contribution in [0.3, 0.4) is 0 Å². The summed E-state index contributed by atoms with van der Waals surface area (Å²) >= 11 is 5.08. The molecule has 4 nitrogen and oxygen atoms in total. The van der Waals surface area contributed by atoms with Crippen LogP contribution in [0.1, 0.15) is 27.2 Å². The zero-order valence-corrected chi connectivity index (χ0v) is 15.3. The molecule has 0 saturated carbocycles. The zero-order chi connectivity index (χ0) is 16.7. The first kappa shape index (κ1) is 17.7. The highest BCUT2D eigenvalue weighted by molar-refractivity contribution is 9.11. The van der Waals surface area contributed by atoms with Crippen LogP contribution < -0.4 is 10.6 Å². The van der Waals surface area contributed by atoms with Crippen LogP contribution in [0.5, 0.6) is 0 Å². The Labute approximate surface area is 148 Å². The van der Waals surface area contributed by atoms with Crippen molar-refractivity contribution in [1.29, 1.82) is 0 Å². The predicted octanol–water partition coefficient (Wildman–Crippen LogP) is 3.30. The number of hydrogen-bond donors (Lipinski definition) is 2. The summed E-state index contributed by atoms with van der Waals surface area (Å²) in [5.41, 5.74) is 1.66. The van der Waals surface area contributed by atoms with Crippen molar-refractivity contribution in [3.63, 3.8) is 0 Å². The number of hydrogen-bond acceptors (Lipinski definition) is 3. The van der Waals surface area contributed by atoms with Gasteiger partial charge >= 0.3 is 0 Å². The maximum absolute atomic E-state index is 11.9. The number of amides is 2. The fraction of sp³-hybridized carbons (Fsp3) is 0.294. The lowest BCUT2D eigenvalue weighted by atomic mass is 10.1. The Morgan fingerprint density at radius 2 is 1.96 bits per heavy atom. The van der Waals surface area contributed by atoms with Crippen LogP contribution in [-0.2, 0) is 11.2 Å². The molecule has 122 valence electrons. The molecule has 1 aromatic carbocycles. The van der Waals surface area contributed by atoms with E-state index in [1.54, 1.807) is 17.4 Å². The molecule has 0 unspecified atom stereocenters. The molecule has 2 rings (SSSR count). The third-order valence-electron chi connectivity index (χ3n) is 3.24. The molecule has 1 aromatic heterocycles. The second-order valence-electron chi connectivity index (χ2n) is 5.18. The molecule has 0 aliphatic carbocycles. The molecule has 23 heavy (non-hydrogen) atoms. The van der Waals surface area contributed by atoms with E-state index >= 15 is 0 Å². The molecule has 0 saturated heterocycles. The average Bonchev–Trinajstić information content (AvgIpc) is 2.92. The third kappa shape index (κ3) is 6.15. The van der Waals surface area contributed by atoms with Gasteiger partial charge in [-0.1, -0.05) is 17.7 Å². The van der Waals surface area contributed by atoms with Gasteiger partial charge < -0.3 is 10.6 Å². The van der Waals surface area contributed by atoms with Crippen molar-refractivity contribution in [2.45, 2.75) is 19.8 Å². The van der Waals surface area contributed by atoms with Crippen LogP contribution in [0.25, 0.3) is 0 Å². The van der Waals surface area contributed by atoms with E-state index in [-0.39, 0.29) is 18.2 Å². The molecule has 0 radical (unpaired) electrons. The Balaban J connectivity index is 1.63. The summed E-state index contributed by atoms with van der Waals surface area (Å²) in [4.78, 5) is 24.9. The number of carbonyl (C=O) groups excluding carboxylic acids is 2. The van der Waals surface area contributed by atoms with Gasteiger partial charge in [0.25, 0.3) is 5.91 Å². The van der Waals surface area contributed by atoms with Crippen LogP contribution in [0.4, 0.5) is 0 Å². The summed E-state index contributed by atoms with van der Waals surface area (Å²) < 4.78 is 1.10. The zero-order valence-electron chi connectivity index (χ0n) is 12.9. The fourth-order valence-electron chi connectivity index (χ4n) is 2.08. The summed E-state index contributed by atoms with van der Waals surface area (Å²) in [6.45, 7) is 2.89. The van der Waals surface area contributed by atoms with Gasteiger partial charge in [-0.15, -0.1) is 11.3 Å². The number of aryl methyl sites for hydroxylation is 1. The van der Waals surface area contributed by atoms with Crippen molar-refractivity contribution in [2.24, 2.45) is 0 Å². The highest BCUT2D eigenvalue weighted by Gasteiger charge is 2.07. The maximum Gasteiger partial charge on any atom is 0.251 e. The lowest BCUT2D eigenvalue weighted by Gasteiger charge is -2.07. The second kappa shape index (κ2) is 8.84. The normalized spacial score (nSPS) is 10.3. The highest BCUT2D eigenvalue weighted by atomic mass is 79.9. The molecule has 1 heterocycles. The maximum atomic E-state index is 11.9. The Morgan fingerprint density at radius 1 is 1.13 bits per heavy atom. The Kier molecular flexibility index (Phi) is 6.80. The largest absolute Gasteiger partial charge is 0.356 e. The summed E-state index contributed by atoms with van der Waals surface area (Å²) in [7, 11) is 0. The van der Waals surface area contributed by atoms with E-state index in [1.165, 1.54) is 4.88 Å². The van der Waals surface area contributed by atoms with Crippen LogP contribution >= 0.6 is 27.3 Å². The van der Waals surface area contributed by atoms with Crippen molar-refractivity contribution < 1.29 is 9.59 Å². The van der Waals surface area contributed by atoms with E-state index in [2.05, 4.69) is 26.6 Å². The first-order chi connectivity index (χ1) is 11.0. The lowest BCUT2D eigenvalue weighted by Crippen LogP contribution is -2.31. The molecule has 0 spiro atoms. The molecule has 0 fully saturated rings. The quantitative estimate of drug-likeness (QED) is 0.756. The first-order valence-electron chi connectivity index (χ1n) is 7.40. The molecule has 6 heteroatoms. The fourth-order valence-corrected chi connectivity index (χ4v) is 3.56. The minimum absolute atomic E-state index is 0.0508. The monoisotopic (exact) mass is 394 g/mol. The van der Waals surface area contributed by atoms with Crippen LogP contribution in [0, 0.1) is 6.92 Å². The van der Waals surface area contributed by atoms with Crippen molar-refractivity contribution in [3.05, 3.63) is 56.2 Å². The van der Waals surface area contributed by atoms with Gasteiger partial charge in [-0.25, -0.2) is 0 Å². The Hall–Kier alpha value is -1.66. The van der Waals surface area contributed by atoms with Crippen LogP contribution in [-0.4, -0.2) is 24.9 Å². The summed E-state index contributed by atoms with van der Waals surface area (Å²) in [5.74, 6) is -0.199. The van der Waals surface area contributed by atoms with E-state index in [0.717, 1.165) is 15.8 Å². The minimum Gasteiger partial charge on any atom is -0.356 e. The van der Waals surface area contributed by atoms with Gasteiger partial charge in [0, 0.05) is 30.0 Å². The van der Waals surface area contributed by atoms with Gasteiger partial charge in [-0.2, -0.15) is 0 Å². The highest BCUT2D eigenvalue weighted by Crippen LogP contribution is 2.21. The summed E-state index contributed by atoms with van der Waals surface area (Å²) in [6.07, 6.45) is 1.10. The van der Waals surface area contributed by atoms with Crippen LogP contribution in [0.2, 0.25) is 0 Å². The van der Waals surface area contributed by atoms with Gasteiger partial charge in [0.1, 0.15) is 0 Å². The van der Waals surface area contributed by atoms with Crippen molar-refractivity contribution in [1.82, 2.24) is 10.6 Å². The SMILES string of the molecule is Cc1cccc(C(=O)NCCC(=O)NCCc2ccc(Br)s2)c1. The van der Waals surface area contributed by atoms with Gasteiger partial charge in [0.15, 0.2) is 0 Å². The molecular weight excluding hydrogens is 376 g/mol. The summed E-state index contributed by atoms with van der Waals surface area (Å²) in [5, 5.41) is 5.63. The van der Waals surface area contributed by atoms with E-state index in [4.69, 9.17) is 0 Å². The van der Waals surface area contributed by atoms with E-state index in [9.17, 15) is 9.59 Å². The van der Waals surface area contributed by atoms with E-state index < -0.39 is 0 Å². The second-order valence-corrected chi connectivity index (χ2v) is 7.73. The molecule has 2 amide bonds. The van der Waals surface area contributed by atoms with Crippen molar-refractivity contribution >= 4 is 39.1 Å². The number of nitrogens with one attached hydrogen (secondary N) is 2. The molecule has 0 bridgehead atoms. The van der Waals surface area contributed by atoms with Gasteiger partial charge in [-0.05, 0) is 53.5 Å². The first-order valence-corrected chi connectivity index (χ1v) is 9.01. The smallest absolute Gasteiger partial charge is 0.251 e. The third-order valence-corrected chi connectivity index (χ3v) is 4.92. The molecule has 2 N–H and O–H groups in total. The Bertz CT molecular complexity index is 685. The molecule has 0 aliphatic rings. The van der Waals surface area contributed by atoms with E-state index in [1.807, 2.05) is 37.3 Å². The average molecular weight is 395 g/mol. The number of benzene rings is 1. The number of rotatable bonds is 7. The van der Waals surface area contributed by atoms with Crippen molar-refractivity contribution in [2.75, 3.05) is 13.1 Å². The topological polar surface area (TPSA) is 58.2 Å². The van der Waals surface area contributed by atoms with Gasteiger partial charge in [0.2, 0.25) is 5.91 Å². The van der Waals surface area contributed by atoms with Gasteiger partial charge in [-0.3, -0.25) is 9.59 Å². The molecular formula is C17H19BrN2O2S. The standard InChI is InChI=1S/C17H19BrN2O2S/c1-12-3-2-4-13(11-12)17(22)20-10-8-16(21)19-9-7-14-5-6-15(18)23-14/h2-6,11H,7-10H2,1H3,(H,19,21)(H,20,22). The van der Waals surface area contributed by atoms with E-state index in [0.29, 0.717) is 18.7 Å². The lowest BCUT2D eigenvalue weighted by molar-refractivity contribution is -0.120. The Morgan fingerprint density at radius 3 is 2.65 bits per heavy atom.